The molecule has 3 heterocycles. The highest BCUT2D eigenvalue weighted by atomic mass is 16.3. The Morgan fingerprint density at radius 3 is 2.70 bits per heavy atom. The van der Waals surface area contributed by atoms with E-state index in [1.54, 1.807) is 6.26 Å². The van der Waals surface area contributed by atoms with Crippen LogP contribution in [0, 0.1) is 5.92 Å². The first kappa shape index (κ1) is 22.1. The van der Waals surface area contributed by atoms with Gasteiger partial charge in [0, 0.05) is 30.6 Å². The van der Waals surface area contributed by atoms with Crippen molar-refractivity contribution < 1.29 is 9.21 Å². The standard InChI is InChI=1S/C29H34N2O2/c32-29(23-8-3-1-2-4-9-23)26(27-11-5-6-17-30-27)15-20-31-18-13-22(14-19-31)24-10-7-12-28-25(24)16-21-33-28/h5-7,10-13,16-17,21,23,26H,1-4,8-9,14-15,18-20H2. The topological polar surface area (TPSA) is 46.3 Å². The van der Waals surface area contributed by atoms with Gasteiger partial charge >= 0.3 is 0 Å². The zero-order chi connectivity index (χ0) is 22.5. The number of aromatic nitrogens is 1. The van der Waals surface area contributed by atoms with Crippen LogP contribution in [0.2, 0.25) is 0 Å². The molecule has 172 valence electrons. The Morgan fingerprint density at radius 1 is 1.06 bits per heavy atom. The van der Waals surface area contributed by atoms with Crippen LogP contribution in [-0.2, 0) is 4.79 Å². The molecule has 0 radical (unpaired) electrons. The number of ketones is 1. The number of carbonyl (C=O) groups excluding carboxylic acids is 1. The molecule has 1 aliphatic carbocycles. The summed E-state index contributed by atoms with van der Waals surface area (Å²) in [6.07, 6.45) is 14.9. The molecule has 1 saturated carbocycles. The smallest absolute Gasteiger partial charge is 0.145 e. The molecule has 2 aliphatic rings. The third-order valence-electron chi connectivity index (χ3n) is 7.51. The molecule has 33 heavy (non-hydrogen) atoms. The zero-order valence-electron chi connectivity index (χ0n) is 19.4. The molecule has 0 amide bonds. The van der Waals surface area contributed by atoms with Gasteiger partial charge in [-0.1, -0.05) is 50.0 Å². The molecule has 2 aromatic heterocycles. The van der Waals surface area contributed by atoms with Crippen LogP contribution in [0.1, 0.15) is 68.5 Å². The maximum atomic E-state index is 13.6. The molecule has 4 heteroatoms. The van der Waals surface area contributed by atoms with E-state index in [1.807, 2.05) is 30.5 Å². The van der Waals surface area contributed by atoms with E-state index in [0.717, 1.165) is 56.6 Å². The van der Waals surface area contributed by atoms with Gasteiger partial charge in [-0.25, -0.2) is 0 Å². The first-order valence-corrected chi connectivity index (χ1v) is 12.6. The van der Waals surface area contributed by atoms with Crippen molar-refractivity contribution in [2.24, 2.45) is 5.92 Å². The highest BCUT2D eigenvalue weighted by molar-refractivity contribution is 5.91. The summed E-state index contributed by atoms with van der Waals surface area (Å²) in [5.74, 6) is 0.553. The van der Waals surface area contributed by atoms with E-state index in [1.165, 1.54) is 42.2 Å². The van der Waals surface area contributed by atoms with Crippen molar-refractivity contribution >= 4 is 22.3 Å². The van der Waals surface area contributed by atoms with Gasteiger partial charge in [-0.15, -0.1) is 0 Å². The number of pyridine rings is 1. The van der Waals surface area contributed by atoms with Gasteiger partial charge in [0.1, 0.15) is 11.4 Å². The molecular weight excluding hydrogens is 408 g/mol. The third kappa shape index (κ3) is 5.11. The van der Waals surface area contributed by atoms with E-state index in [9.17, 15) is 4.79 Å². The summed E-state index contributed by atoms with van der Waals surface area (Å²) in [6.45, 7) is 2.88. The van der Waals surface area contributed by atoms with Crippen LogP contribution in [0.3, 0.4) is 0 Å². The van der Waals surface area contributed by atoms with E-state index in [2.05, 4.69) is 34.2 Å². The predicted octanol–water partition coefficient (Wildman–Crippen LogP) is 6.63. The summed E-state index contributed by atoms with van der Waals surface area (Å²) in [6, 6.07) is 14.4. The van der Waals surface area contributed by atoms with Gasteiger partial charge in [0.25, 0.3) is 0 Å². The van der Waals surface area contributed by atoms with Crippen molar-refractivity contribution in [3.05, 3.63) is 72.3 Å². The summed E-state index contributed by atoms with van der Waals surface area (Å²) in [5, 5.41) is 1.20. The minimum absolute atomic E-state index is 0.0839. The maximum absolute atomic E-state index is 13.6. The fourth-order valence-electron chi connectivity index (χ4n) is 5.61. The number of hydrogen-bond donors (Lipinski definition) is 0. The van der Waals surface area contributed by atoms with Gasteiger partial charge in [-0.2, -0.15) is 0 Å². The Hall–Kier alpha value is -2.72. The molecule has 1 atom stereocenters. The average Bonchev–Trinajstić information content (AvgIpc) is 3.19. The van der Waals surface area contributed by atoms with E-state index in [0.29, 0.717) is 5.78 Å². The van der Waals surface area contributed by atoms with Crippen LogP contribution in [-0.4, -0.2) is 35.3 Å². The van der Waals surface area contributed by atoms with Gasteiger partial charge in [0.05, 0.1) is 17.9 Å². The monoisotopic (exact) mass is 442 g/mol. The van der Waals surface area contributed by atoms with Gasteiger partial charge in [0.15, 0.2) is 0 Å². The minimum atomic E-state index is -0.0839. The Kier molecular flexibility index (Phi) is 7.01. The van der Waals surface area contributed by atoms with Crippen molar-refractivity contribution in [1.82, 2.24) is 9.88 Å². The van der Waals surface area contributed by atoms with Crippen LogP contribution < -0.4 is 0 Å². The van der Waals surface area contributed by atoms with Crippen LogP contribution >= 0.6 is 0 Å². The van der Waals surface area contributed by atoms with E-state index < -0.39 is 0 Å². The summed E-state index contributed by atoms with van der Waals surface area (Å²) in [4.78, 5) is 20.7. The first-order valence-electron chi connectivity index (χ1n) is 12.6. The molecule has 0 saturated heterocycles. The number of rotatable bonds is 7. The second kappa shape index (κ2) is 10.5. The number of furan rings is 1. The van der Waals surface area contributed by atoms with Crippen molar-refractivity contribution in [3.63, 3.8) is 0 Å². The molecule has 1 fully saturated rings. The molecule has 0 N–H and O–H groups in total. The number of hydrogen-bond acceptors (Lipinski definition) is 4. The first-order chi connectivity index (χ1) is 16.3. The van der Waals surface area contributed by atoms with Crippen molar-refractivity contribution in [3.8, 4) is 0 Å². The number of nitrogens with zero attached hydrogens (tertiary/aromatic N) is 2. The molecule has 1 aliphatic heterocycles. The Morgan fingerprint density at radius 2 is 1.94 bits per heavy atom. The molecule has 4 nitrogen and oxygen atoms in total. The molecule has 3 aromatic rings. The molecule has 0 bridgehead atoms. The fraction of sp³-hybridized carbons (Fsp3) is 0.448. The summed E-state index contributed by atoms with van der Waals surface area (Å²) < 4.78 is 5.58. The predicted molar refractivity (Wildman–Crippen MR) is 133 cm³/mol. The van der Waals surface area contributed by atoms with E-state index >= 15 is 0 Å². The number of Topliss-reactive ketones (excluding diaryl/α,β-unsaturated/α-hetero) is 1. The largest absolute Gasteiger partial charge is 0.464 e. The van der Waals surface area contributed by atoms with Crippen LogP contribution in [0.15, 0.2) is 65.4 Å². The van der Waals surface area contributed by atoms with Crippen molar-refractivity contribution in [1.29, 1.82) is 0 Å². The lowest BCUT2D eigenvalue weighted by Crippen LogP contribution is -2.32. The molecule has 1 aromatic carbocycles. The highest BCUT2D eigenvalue weighted by Crippen LogP contribution is 2.32. The molecule has 5 rings (SSSR count). The molecule has 1 unspecified atom stereocenters. The van der Waals surface area contributed by atoms with Crippen LogP contribution in [0.25, 0.3) is 16.5 Å². The Labute approximate surface area is 196 Å². The van der Waals surface area contributed by atoms with Crippen LogP contribution in [0.5, 0.6) is 0 Å². The normalized spacial score (nSPS) is 19.2. The number of benzene rings is 1. The molecular formula is C29H34N2O2. The SMILES string of the molecule is O=C(C1CCCCCC1)C(CCN1CC=C(c2cccc3occc23)CC1)c1ccccn1. The Balaban J connectivity index is 1.26. The lowest BCUT2D eigenvalue weighted by molar-refractivity contribution is -0.125. The molecule has 0 spiro atoms. The van der Waals surface area contributed by atoms with E-state index in [4.69, 9.17) is 4.42 Å². The van der Waals surface area contributed by atoms with Gasteiger partial charge < -0.3 is 4.42 Å². The van der Waals surface area contributed by atoms with Crippen molar-refractivity contribution in [2.45, 2.75) is 57.3 Å². The van der Waals surface area contributed by atoms with Gasteiger partial charge in [-0.3, -0.25) is 14.7 Å². The van der Waals surface area contributed by atoms with Gasteiger partial charge in [-0.05, 0) is 67.6 Å². The zero-order valence-corrected chi connectivity index (χ0v) is 19.4. The second-order valence-electron chi connectivity index (χ2n) is 9.60. The average molecular weight is 443 g/mol. The highest BCUT2D eigenvalue weighted by Gasteiger charge is 2.30. The maximum Gasteiger partial charge on any atom is 0.145 e. The lowest BCUT2D eigenvalue weighted by Gasteiger charge is -2.29. The third-order valence-corrected chi connectivity index (χ3v) is 7.51. The summed E-state index contributed by atoms with van der Waals surface area (Å²) in [7, 11) is 0. The number of fused-ring (bicyclic) bond motifs is 1. The minimum Gasteiger partial charge on any atom is -0.464 e. The van der Waals surface area contributed by atoms with E-state index in [-0.39, 0.29) is 11.8 Å². The second-order valence-corrected chi connectivity index (χ2v) is 9.60. The van der Waals surface area contributed by atoms with Crippen LogP contribution in [0.4, 0.5) is 0 Å². The lowest BCUT2D eigenvalue weighted by atomic mass is 9.83. The Bertz CT molecular complexity index is 1090. The summed E-state index contributed by atoms with van der Waals surface area (Å²) >= 11 is 0. The quantitative estimate of drug-likeness (QED) is 0.385. The summed E-state index contributed by atoms with van der Waals surface area (Å²) in [5.41, 5.74) is 4.59. The van der Waals surface area contributed by atoms with Crippen molar-refractivity contribution in [2.75, 3.05) is 19.6 Å². The fourth-order valence-corrected chi connectivity index (χ4v) is 5.61. The van der Waals surface area contributed by atoms with Gasteiger partial charge in [0.2, 0.25) is 0 Å². The number of carbonyl (C=O) groups is 1.